The molecular weight excluding hydrogens is 504 g/mol. The van der Waals surface area contributed by atoms with Crippen LogP contribution in [-0.4, -0.2) is 21.0 Å². The first-order valence-corrected chi connectivity index (χ1v) is 17.8. The van der Waals surface area contributed by atoms with Crippen LogP contribution in [0.1, 0.15) is 104 Å². The van der Waals surface area contributed by atoms with E-state index in [-0.39, 0.29) is 11.1 Å². The number of unbranched alkanes of at least 4 members (excludes halogenated alkanes) is 8. The average Bonchev–Trinajstić information content (AvgIpc) is 2.97. The summed E-state index contributed by atoms with van der Waals surface area (Å²) in [6, 6.07) is 32.5. The van der Waals surface area contributed by atoms with Crippen molar-refractivity contribution in [2.24, 2.45) is 0 Å². The highest BCUT2D eigenvalue weighted by Gasteiger charge is 2.50. The second kappa shape index (κ2) is 17.6. The Morgan fingerprint density at radius 2 is 1.07 bits per heavy atom. The van der Waals surface area contributed by atoms with Crippen molar-refractivity contribution in [3.63, 3.8) is 0 Å². The number of ether oxygens (including phenoxy) is 1. The van der Waals surface area contributed by atoms with E-state index in [0.29, 0.717) is 13.2 Å². The van der Waals surface area contributed by atoms with E-state index in [4.69, 9.17) is 9.16 Å². The first-order chi connectivity index (χ1) is 19.5. The quantitative estimate of drug-likeness (QED) is 0.108. The van der Waals surface area contributed by atoms with Gasteiger partial charge in [0.25, 0.3) is 8.32 Å². The largest absolute Gasteiger partial charge is 0.407 e. The SMILES string of the molecule is CCCCCCCCCCC[C@H](CCO[Si](c1ccccc1)(c1ccccc1)C(C)(C)C)OCc1ccccc1. The Hall–Kier alpha value is -2.20. The van der Waals surface area contributed by atoms with Crippen LogP contribution in [0.3, 0.4) is 0 Å². The van der Waals surface area contributed by atoms with Gasteiger partial charge in [-0.2, -0.15) is 0 Å². The molecule has 0 spiro atoms. The normalized spacial score (nSPS) is 12.9. The molecule has 3 aromatic carbocycles. The fourth-order valence-corrected chi connectivity index (χ4v) is 10.5. The van der Waals surface area contributed by atoms with Crippen LogP contribution in [0.15, 0.2) is 91.0 Å². The minimum Gasteiger partial charge on any atom is -0.407 e. The van der Waals surface area contributed by atoms with Gasteiger partial charge in [0, 0.05) is 6.61 Å². The van der Waals surface area contributed by atoms with E-state index in [2.05, 4.69) is 119 Å². The van der Waals surface area contributed by atoms with Gasteiger partial charge in [0.1, 0.15) is 0 Å². The van der Waals surface area contributed by atoms with Crippen LogP contribution in [0, 0.1) is 0 Å². The van der Waals surface area contributed by atoms with Gasteiger partial charge in [-0.25, -0.2) is 0 Å². The molecule has 2 nitrogen and oxygen atoms in total. The number of hydrogen-bond donors (Lipinski definition) is 0. The Labute approximate surface area is 246 Å². The maximum absolute atomic E-state index is 7.20. The summed E-state index contributed by atoms with van der Waals surface area (Å²) in [7, 11) is -2.52. The molecule has 0 amide bonds. The zero-order valence-corrected chi connectivity index (χ0v) is 26.7. The molecule has 0 heterocycles. The zero-order valence-electron chi connectivity index (χ0n) is 25.7. The lowest BCUT2D eigenvalue weighted by Crippen LogP contribution is -2.66. The van der Waals surface area contributed by atoms with Crippen molar-refractivity contribution in [2.75, 3.05) is 6.61 Å². The molecule has 1 atom stereocenters. The Balaban J connectivity index is 1.65. The lowest BCUT2D eigenvalue weighted by molar-refractivity contribution is 0.0188. The van der Waals surface area contributed by atoms with Gasteiger partial charge in [0.15, 0.2) is 0 Å². The minimum atomic E-state index is -2.52. The summed E-state index contributed by atoms with van der Waals surface area (Å²) in [6.45, 7) is 10.7. The molecule has 0 fully saturated rings. The second-order valence-electron chi connectivity index (χ2n) is 12.3. The summed E-state index contributed by atoms with van der Waals surface area (Å²) in [4.78, 5) is 0. The van der Waals surface area contributed by atoms with Gasteiger partial charge in [-0.05, 0) is 33.8 Å². The molecule has 0 aliphatic carbocycles. The van der Waals surface area contributed by atoms with Gasteiger partial charge in [0.05, 0.1) is 12.7 Å². The monoisotopic (exact) mass is 558 g/mol. The van der Waals surface area contributed by atoms with E-state index in [1.807, 2.05) is 0 Å². The molecule has 0 bridgehead atoms. The average molecular weight is 559 g/mol. The molecule has 0 N–H and O–H groups in total. The smallest absolute Gasteiger partial charge is 0.261 e. The molecule has 0 aliphatic rings. The summed E-state index contributed by atoms with van der Waals surface area (Å²) < 4.78 is 13.7. The summed E-state index contributed by atoms with van der Waals surface area (Å²) in [5.41, 5.74) is 1.24. The molecule has 0 saturated heterocycles. The van der Waals surface area contributed by atoms with Crippen molar-refractivity contribution < 1.29 is 9.16 Å². The summed E-state index contributed by atoms with van der Waals surface area (Å²) in [5, 5.41) is 2.68. The highest BCUT2D eigenvalue weighted by Crippen LogP contribution is 2.37. The van der Waals surface area contributed by atoms with Crippen LogP contribution >= 0.6 is 0 Å². The summed E-state index contributed by atoms with van der Waals surface area (Å²) in [5.74, 6) is 0. The molecule has 0 aromatic heterocycles. The Bertz CT molecular complexity index is 991. The molecule has 0 unspecified atom stereocenters. The van der Waals surface area contributed by atoms with Gasteiger partial charge in [0.2, 0.25) is 0 Å². The van der Waals surface area contributed by atoms with E-state index >= 15 is 0 Å². The van der Waals surface area contributed by atoms with Crippen molar-refractivity contribution in [3.05, 3.63) is 96.6 Å². The summed E-state index contributed by atoms with van der Waals surface area (Å²) >= 11 is 0. The predicted molar refractivity (Wildman–Crippen MR) is 175 cm³/mol. The summed E-state index contributed by atoms with van der Waals surface area (Å²) in [6.07, 6.45) is 14.4. The Morgan fingerprint density at radius 3 is 1.57 bits per heavy atom. The second-order valence-corrected chi connectivity index (χ2v) is 16.6. The maximum atomic E-state index is 7.20. The van der Waals surface area contributed by atoms with Crippen LogP contribution in [0.4, 0.5) is 0 Å². The van der Waals surface area contributed by atoms with Crippen molar-refractivity contribution in [1.82, 2.24) is 0 Å². The Morgan fingerprint density at radius 1 is 0.600 bits per heavy atom. The standard InChI is InChI=1S/C37H54O2Si/c1-5-6-7-8-9-10-11-12-18-25-34(38-32-33-23-16-13-17-24-33)30-31-39-40(37(2,3)4,35-26-19-14-20-27-35)36-28-21-15-22-29-36/h13-17,19-24,26-29,34H,5-12,18,25,30-32H2,1-4H3/t34-/m1/s1. The maximum Gasteiger partial charge on any atom is 0.261 e. The fourth-order valence-electron chi connectivity index (χ4n) is 5.89. The molecule has 3 rings (SSSR count). The third-order valence-corrected chi connectivity index (χ3v) is 13.2. The van der Waals surface area contributed by atoms with Crippen molar-refractivity contribution >= 4 is 18.7 Å². The third-order valence-electron chi connectivity index (χ3n) is 8.13. The molecule has 3 aromatic rings. The first-order valence-electron chi connectivity index (χ1n) is 15.9. The Kier molecular flexibility index (Phi) is 14.2. The highest BCUT2D eigenvalue weighted by molar-refractivity contribution is 6.99. The topological polar surface area (TPSA) is 18.5 Å². The van der Waals surface area contributed by atoms with E-state index in [1.165, 1.54) is 73.7 Å². The van der Waals surface area contributed by atoms with E-state index in [9.17, 15) is 0 Å². The highest BCUT2D eigenvalue weighted by atomic mass is 28.4. The molecule has 3 heteroatoms. The number of hydrogen-bond acceptors (Lipinski definition) is 2. The predicted octanol–water partition coefficient (Wildman–Crippen LogP) is 9.46. The van der Waals surface area contributed by atoms with Crippen molar-refractivity contribution in [1.29, 1.82) is 0 Å². The van der Waals surface area contributed by atoms with Gasteiger partial charge >= 0.3 is 0 Å². The lowest BCUT2D eigenvalue weighted by atomic mass is 10.0. The van der Waals surface area contributed by atoms with Gasteiger partial charge in [-0.3, -0.25) is 0 Å². The van der Waals surface area contributed by atoms with Crippen LogP contribution < -0.4 is 10.4 Å². The number of rotatable bonds is 19. The van der Waals surface area contributed by atoms with Gasteiger partial charge in [-0.15, -0.1) is 0 Å². The van der Waals surface area contributed by atoms with E-state index in [1.54, 1.807) is 0 Å². The van der Waals surface area contributed by atoms with E-state index < -0.39 is 8.32 Å². The molecule has 0 radical (unpaired) electrons. The van der Waals surface area contributed by atoms with Crippen molar-refractivity contribution in [2.45, 2.75) is 116 Å². The van der Waals surface area contributed by atoms with Gasteiger partial charge in [-0.1, -0.05) is 176 Å². The van der Waals surface area contributed by atoms with Crippen LogP contribution in [0.5, 0.6) is 0 Å². The van der Waals surface area contributed by atoms with Gasteiger partial charge < -0.3 is 9.16 Å². The number of benzene rings is 3. The molecule has 0 saturated carbocycles. The van der Waals surface area contributed by atoms with Crippen molar-refractivity contribution in [3.8, 4) is 0 Å². The molecule has 40 heavy (non-hydrogen) atoms. The molecular formula is C37H54O2Si. The third kappa shape index (κ3) is 10.0. The minimum absolute atomic E-state index is 0.00672. The van der Waals surface area contributed by atoms with Crippen LogP contribution in [0.25, 0.3) is 0 Å². The molecule has 218 valence electrons. The van der Waals surface area contributed by atoms with E-state index in [0.717, 1.165) is 12.8 Å². The first kappa shape index (κ1) is 32.3. The molecule has 0 aliphatic heterocycles. The fraction of sp³-hybridized carbons (Fsp3) is 0.514. The van der Waals surface area contributed by atoms with Crippen LogP contribution in [-0.2, 0) is 15.8 Å². The van der Waals surface area contributed by atoms with Crippen LogP contribution in [0.2, 0.25) is 5.04 Å². The lowest BCUT2D eigenvalue weighted by Gasteiger charge is -2.43. The zero-order chi connectivity index (χ0) is 28.5.